The van der Waals surface area contributed by atoms with E-state index in [1.807, 2.05) is 0 Å². The van der Waals surface area contributed by atoms with Crippen LogP contribution in [0.15, 0.2) is 24.7 Å². The number of nitrogens with zero attached hydrogens (tertiary/aromatic N) is 3. The fourth-order valence-corrected chi connectivity index (χ4v) is 2.94. The number of fused-ring (bicyclic) bond motifs is 1. The zero-order valence-corrected chi connectivity index (χ0v) is 12.7. The summed E-state index contributed by atoms with van der Waals surface area (Å²) >= 11 is 0. The van der Waals surface area contributed by atoms with Crippen molar-refractivity contribution in [2.75, 3.05) is 5.32 Å². The van der Waals surface area contributed by atoms with Crippen LogP contribution >= 0.6 is 0 Å². The number of carbonyl (C=O) groups is 2. The van der Waals surface area contributed by atoms with Crippen LogP contribution < -0.4 is 10.6 Å². The highest BCUT2D eigenvalue weighted by Gasteiger charge is 2.33. The number of pyridine rings is 1. The van der Waals surface area contributed by atoms with Gasteiger partial charge in [0.2, 0.25) is 5.91 Å². The lowest BCUT2D eigenvalue weighted by Crippen LogP contribution is -2.47. The molecule has 0 bridgehead atoms. The topological polar surface area (TPSA) is 88.9 Å². The van der Waals surface area contributed by atoms with Gasteiger partial charge >= 0.3 is 0 Å². The lowest BCUT2D eigenvalue weighted by molar-refractivity contribution is -0.118. The Hall–Kier alpha value is -2.70. The normalized spacial score (nSPS) is 19.9. The molecular formula is C16H17N5O2. The summed E-state index contributed by atoms with van der Waals surface area (Å²) in [6.07, 6.45) is 7.66. The molecule has 0 spiro atoms. The SMILES string of the molecule is Cn1cc(C(=O)NC2Cc3cnccc3NC2=O)c(C2CC2)n1. The molecule has 2 aromatic rings. The Labute approximate surface area is 133 Å². The molecule has 0 aromatic carbocycles. The summed E-state index contributed by atoms with van der Waals surface area (Å²) in [6, 6.07) is 1.17. The van der Waals surface area contributed by atoms with Crippen molar-refractivity contribution < 1.29 is 9.59 Å². The molecule has 1 unspecified atom stereocenters. The van der Waals surface area contributed by atoms with Crippen molar-refractivity contribution in [2.24, 2.45) is 7.05 Å². The first kappa shape index (κ1) is 13.9. The van der Waals surface area contributed by atoms with Crippen LogP contribution in [0, 0.1) is 0 Å². The molecule has 4 rings (SSSR count). The van der Waals surface area contributed by atoms with E-state index < -0.39 is 6.04 Å². The highest BCUT2D eigenvalue weighted by Crippen LogP contribution is 2.40. The molecule has 1 aliphatic carbocycles. The van der Waals surface area contributed by atoms with E-state index in [-0.39, 0.29) is 11.8 Å². The van der Waals surface area contributed by atoms with E-state index in [4.69, 9.17) is 0 Å². The second kappa shape index (κ2) is 5.19. The van der Waals surface area contributed by atoms with Crippen LogP contribution in [0.5, 0.6) is 0 Å². The van der Waals surface area contributed by atoms with E-state index >= 15 is 0 Å². The molecule has 2 N–H and O–H groups in total. The third-order valence-electron chi connectivity index (χ3n) is 4.27. The minimum absolute atomic E-state index is 0.200. The molecular weight excluding hydrogens is 294 g/mol. The number of nitrogens with one attached hydrogen (secondary N) is 2. The largest absolute Gasteiger partial charge is 0.340 e. The van der Waals surface area contributed by atoms with E-state index in [1.165, 1.54) is 0 Å². The van der Waals surface area contributed by atoms with Crippen LogP contribution in [0.4, 0.5) is 5.69 Å². The third-order valence-corrected chi connectivity index (χ3v) is 4.27. The van der Waals surface area contributed by atoms with Crippen LogP contribution in [0.1, 0.15) is 40.4 Å². The van der Waals surface area contributed by atoms with E-state index in [0.29, 0.717) is 17.9 Å². The average Bonchev–Trinajstić information content (AvgIpc) is 3.30. The van der Waals surface area contributed by atoms with Crippen LogP contribution in [0.3, 0.4) is 0 Å². The van der Waals surface area contributed by atoms with Gasteiger partial charge in [0.25, 0.3) is 5.91 Å². The van der Waals surface area contributed by atoms with Gasteiger partial charge in [-0.25, -0.2) is 0 Å². The molecule has 2 aromatic heterocycles. The van der Waals surface area contributed by atoms with Gasteiger partial charge in [0.1, 0.15) is 6.04 Å². The Morgan fingerprint density at radius 2 is 2.26 bits per heavy atom. The highest BCUT2D eigenvalue weighted by molar-refractivity contribution is 6.03. The summed E-state index contributed by atoms with van der Waals surface area (Å²) in [5.74, 6) is -0.0662. The number of aryl methyl sites for hydroxylation is 1. The van der Waals surface area contributed by atoms with Gasteiger partial charge in [-0.15, -0.1) is 0 Å². The van der Waals surface area contributed by atoms with E-state index in [0.717, 1.165) is 29.8 Å². The van der Waals surface area contributed by atoms with Gasteiger partial charge < -0.3 is 10.6 Å². The summed E-state index contributed by atoms with van der Waals surface area (Å²) < 4.78 is 1.66. The molecule has 2 amide bonds. The zero-order valence-electron chi connectivity index (χ0n) is 12.7. The molecule has 1 atom stereocenters. The lowest BCUT2D eigenvalue weighted by Gasteiger charge is -2.24. The molecule has 0 saturated heterocycles. The molecule has 7 heteroatoms. The van der Waals surface area contributed by atoms with Gasteiger partial charge in [0.05, 0.1) is 11.3 Å². The fourth-order valence-electron chi connectivity index (χ4n) is 2.94. The lowest BCUT2D eigenvalue weighted by atomic mass is 10.0. The quantitative estimate of drug-likeness (QED) is 0.884. The van der Waals surface area contributed by atoms with E-state index in [1.54, 1.807) is 36.4 Å². The Kier molecular flexibility index (Phi) is 3.14. The molecule has 0 radical (unpaired) electrons. The van der Waals surface area contributed by atoms with Crippen LogP contribution in [-0.2, 0) is 18.3 Å². The first-order chi connectivity index (χ1) is 11.1. The van der Waals surface area contributed by atoms with Crippen molar-refractivity contribution in [3.05, 3.63) is 41.5 Å². The fraction of sp³-hybridized carbons (Fsp3) is 0.375. The summed E-state index contributed by atoms with van der Waals surface area (Å²) in [7, 11) is 1.80. The van der Waals surface area contributed by atoms with Crippen LogP contribution in [-0.4, -0.2) is 32.6 Å². The Morgan fingerprint density at radius 1 is 1.43 bits per heavy atom. The highest BCUT2D eigenvalue weighted by atomic mass is 16.2. The van der Waals surface area contributed by atoms with Gasteiger partial charge in [-0.3, -0.25) is 19.3 Å². The summed E-state index contributed by atoms with van der Waals surface area (Å²) in [5.41, 5.74) is 3.09. The molecule has 1 fully saturated rings. The Bertz CT molecular complexity index is 794. The molecule has 1 saturated carbocycles. The second-order valence-corrected chi connectivity index (χ2v) is 6.13. The minimum Gasteiger partial charge on any atom is -0.340 e. The molecule has 118 valence electrons. The van der Waals surface area contributed by atoms with E-state index in [2.05, 4.69) is 20.7 Å². The van der Waals surface area contributed by atoms with Crippen molar-refractivity contribution in [2.45, 2.75) is 31.2 Å². The van der Waals surface area contributed by atoms with Crippen molar-refractivity contribution in [1.82, 2.24) is 20.1 Å². The number of aromatic nitrogens is 3. The zero-order chi connectivity index (χ0) is 16.0. The van der Waals surface area contributed by atoms with Gasteiger partial charge in [-0.05, 0) is 24.5 Å². The summed E-state index contributed by atoms with van der Waals surface area (Å²) in [4.78, 5) is 28.8. The number of hydrogen-bond acceptors (Lipinski definition) is 4. The molecule has 3 heterocycles. The molecule has 1 aliphatic heterocycles. The van der Waals surface area contributed by atoms with Crippen molar-refractivity contribution in [3.63, 3.8) is 0 Å². The van der Waals surface area contributed by atoms with E-state index in [9.17, 15) is 9.59 Å². The van der Waals surface area contributed by atoms with Crippen LogP contribution in [0.25, 0.3) is 0 Å². The Morgan fingerprint density at radius 3 is 3.04 bits per heavy atom. The van der Waals surface area contributed by atoms with Gasteiger partial charge in [-0.2, -0.15) is 5.10 Å². The molecule has 2 aliphatic rings. The van der Waals surface area contributed by atoms with Gasteiger partial charge in [-0.1, -0.05) is 0 Å². The minimum atomic E-state index is -0.591. The first-order valence-corrected chi connectivity index (χ1v) is 7.70. The average molecular weight is 311 g/mol. The summed E-state index contributed by atoms with van der Waals surface area (Å²) in [6.45, 7) is 0. The Balaban J connectivity index is 1.54. The van der Waals surface area contributed by atoms with Crippen molar-refractivity contribution >= 4 is 17.5 Å². The predicted octanol–water partition coefficient (Wildman–Crippen LogP) is 0.986. The molecule has 23 heavy (non-hydrogen) atoms. The number of hydrogen-bond donors (Lipinski definition) is 2. The second-order valence-electron chi connectivity index (χ2n) is 6.13. The standard InChI is InChI=1S/C16H17N5O2/c1-21-8-11(14(20-21)9-2-3-9)15(22)19-13-6-10-7-17-5-4-12(10)18-16(13)23/h4-5,7-9,13H,2-3,6H2,1H3,(H,18,23)(H,19,22). The maximum absolute atomic E-state index is 12.6. The number of carbonyl (C=O) groups excluding carboxylic acids is 2. The van der Waals surface area contributed by atoms with Crippen molar-refractivity contribution in [3.8, 4) is 0 Å². The predicted molar refractivity (Wildman–Crippen MR) is 83.0 cm³/mol. The molecule has 7 nitrogen and oxygen atoms in total. The van der Waals surface area contributed by atoms with Crippen LogP contribution in [0.2, 0.25) is 0 Å². The monoisotopic (exact) mass is 311 g/mol. The maximum atomic E-state index is 12.6. The maximum Gasteiger partial charge on any atom is 0.255 e. The smallest absolute Gasteiger partial charge is 0.255 e. The number of anilines is 1. The number of amides is 2. The first-order valence-electron chi connectivity index (χ1n) is 7.70. The van der Waals surface area contributed by atoms with Gasteiger partial charge in [0.15, 0.2) is 0 Å². The summed E-state index contributed by atoms with van der Waals surface area (Å²) in [5, 5.41) is 10.0. The van der Waals surface area contributed by atoms with Gasteiger partial charge in [0, 0.05) is 43.7 Å². The van der Waals surface area contributed by atoms with Crippen molar-refractivity contribution in [1.29, 1.82) is 0 Å². The number of rotatable bonds is 3. The third kappa shape index (κ3) is 2.58.